The zero-order chi connectivity index (χ0) is 17.2. The van der Waals surface area contributed by atoms with Crippen molar-refractivity contribution in [3.05, 3.63) is 66.9 Å². The van der Waals surface area contributed by atoms with E-state index in [9.17, 15) is 14.4 Å². The van der Waals surface area contributed by atoms with Gasteiger partial charge in [0, 0.05) is 12.3 Å². The summed E-state index contributed by atoms with van der Waals surface area (Å²) in [7, 11) is 0. The van der Waals surface area contributed by atoms with Crippen molar-refractivity contribution < 1.29 is 4.79 Å². The highest BCUT2D eigenvalue weighted by molar-refractivity contribution is 6.42. The van der Waals surface area contributed by atoms with Crippen molar-refractivity contribution in [3.63, 3.8) is 0 Å². The standard InChI is InChI=1S/C15H15Cl2N3O3/c1-15(2,9-3-4-10(16)11(17)7-9)19-13(22)8-20-6-5-12(21)18-14(20)23/h3-7H,8H2,1-2H3,(H,19,22)(H,18,21,23). The molecule has 2 rings (SSSR count). The van der Waals surface area contributed by atoms with Gasteiger partial charge in [-0.25, -0.2) is 4.79 Å². The lowest BCUT2D eigenvalue weighted by molar-refractivity contribution is -0.123. The molecular weight excluding hydrogens is 341 g/mol. The molecule has 0 bridgehead atoms. The Labute approximate surface area is 142 Å². The monoisotopic (exact) mass is 355 g/mol. The number of hydrogen-bond donors (Lipinski definition) is 2. The van der Waals surface area contributed by atoms with Crippen LogP contribution in [0.4, 0.5) is 0 Å². The number of benzene rings is 1. The summed E-state index contributed by atoms with van der Waals surface area (Å²) in [4.78, 5) is 36.9. The summed E-state index contributed by atoms with van der Waals surface area (Å²) in [6.45, 7) is 3.40. The van der Waals surface area contributed by atoms with Gasteiger partial charge in [0.2, 0.25) is 5.91 Å². The third-order valence-electron chi connectivity index (χ3n) is 3.30. The molecule has 0 aliphatic heterocycles. The molecule has 0 saturated heterocycles. The van der Waals surface area contributed by atoms with Crippen LogP contribution in [0.25, 0.3) is 0 Å². The normalized spacial score (nSPS) is 11.3. The number of amides is 1. The molecule has 6 nitrogen and oxygen atoms in total. The Kier molecular flexibility index (Phi) is 4.97. The van der Waals surface area contributed by atoms with E-state index in [1.165, 1.54) is 12.3 Å². The van der Waals surface area contributed by atoms with E-state index >= 15 is 0 Å². The molecule has 1 heterocycles. The molecule has 2 N–H and O–H groups in total. The number of hydrogen-bond acceptors (Lipinski definition) is 3. The summed E-state index contributed by atoms with van der Waals surface area (Å²) in [6.07, 6.45) is 1.27. The summed E-state index contributed by atoms with van der Waals surface area (Å²) in [5, 5.41) is 3.64. The highest BCUT2D eigenvalue weighted by Crippen LogP contribution is 2.28. The van der Waals surface area contributed by atoms with Crippen molar-refractivity contribution in [1.82, 2.24) is 14.9 Å². The maximum atomic E-state index is 12.2. The molecule has 0 saturated carbocycles. The first-order valence-corrected chi connectivity index (χ1v) is 7.51. The zero-order valence-corrected chi connectivity index (χ0v) is 14.0. The molecule has 0 unspecified atom stereocenters. The van der Waals surface area contributed by atoms with E-state index in [1.54, 1.807) is 32.0 Å². The predicted octanol–water partition coefficient (Wildman–Crippen LogP) is 1.89. The summed E-state index contributed by atoms with van der Waals surface area (Å²) >= 11 is 11.9. The Balaban J connectivity index is 2.16. The fourth-order valence-corrected chi connectivity index (χ4v) is 2.37. The van der Waals surface area contributed by atoms with Gasteiger partial charge >= 0.3 is 5.69 Å². The Hall–Kier alpha value is -2.05. The van der Waals surface area contributed by atoms with E-state index in [1.807, 2.05) is 0 Å². The Bertz CT molecular complexity index is 856. The third-order valence-corrected chi connectivity index (χ3v) is 4.04. The zero-order valence-electron chi connectivity index (χ0n) is 12.5. The first kappa shape index (κ1) is 17.3. The van der Waals surface area contributed by atoms with E-state index in [0.29, 0.717) is 10.0 Å². The molecule has 23 heavy (non-hydrogen) atoms. The van der Waals surface area contributed by atoms with Crippen molar-refractivity contribution in [2.45, 2.75) is 25.9 Å². The van der Waals surface area contributed by atoms with E-state index in [-0.39, 0.29) is 12.5 Å². The number of nitrogens with zero attached hydrogens (tertiary/aromatic N) is 1. The number of aromatic nitrogens is 2. The fourth-order valence-electron chi connectivity index (χ4n) is 2.07. The summed E-state index contributed by atoms with van der Waals surface area (Å²) < 4.78 is 1.11. The van der Waals surface area contributed by atoms with Crippen LogP contribution in [0.15, 0.2) is 40.1 Å². The van der Waals surface area contributed by atoms with Crippen LogP contribution >= 0.6 is 23.2 Å². The average molecular weight is 356 g/mol. The Morgan fingerprint density at radius 1 is 1.22 bits per heavy atom. The molecule has 0 spiro atoms. The van der Waals surface area contributed by atoms with Crippen molar-refractivity contribution in [1.29, 1.82) is 0 Å². The molecular formula is C15H15Cl2N3O3. The third kappa shape index (κ3) is 4.24. The number of nitrogens with one attached hydrogen (secondary N) is 2. The molecule has 0 radical (unpaired) electrons. The van der Waals surface area contributed by atoms with E-state index in [2.05, 4.69) is 10.3 Å². The molecule has 2 aromatic rings. The minimum atomic E-state index is -0.711. The quantitative estimate of drug-likeness (QED) is 0.878. The molecule has 1 aromatic heterocycles. The van der Waals surface area contributed by atoms with Gasteiger partial charge in [-0.1, -0.05) is 29.3 Å². The molecule has 122 valence electrons. The van der Waals surface area contributed by atoms with Crippen LogP contribution < -0.4 is 16.6 Å². The number of carbonyl (C=O) groups excluding carboxylic acids is 1. The molecule has 1 amide bonds. The van der Waals surface area contributed by atoms with Crippen LogP contribution in [0.1, 0.15) is 19.4 Å². The second-order valence-corrected chi connectivity index (χ2v) is 6.35. The van der Waals surface area contributed by atoms with Crippen LogP contribution in [0, 0.1) is 0 Å². The topological polar surface area (TPSA) is 84.0 Å². The number of carbonyl (C=O) groups is 1. The van der Waals surface area contributed by atoms with Gasteiger partial charge in [-0.05, 0) is 31.5 Å². The average Bonchev–Trinajstić information content (AvgIpc) is 2.44. The number of rotatable bonds is 4. The largest absolute Gasteiger partial charge is 0.346 e. The Morgan fingerprint density at radius 2 is 1.91 bits per heavy atom. The summed E-state index contributed by atoms with van der Waals surface area (Å²) in [5.41, 5.74) is -1.09. The van der Waals surface area contributed by atoms with Crippen molar-refractivity contribution >= 4 is 29.1 Å². The van der Waals surface area contributed by atoms with Crippen LogP contribution in [0.3, 0.4) is 0 Å². The minimum Gasteiger partial charge on any atom is -0.346 e. The highest BCUT2D eigenvalue weighted by Gasteiger charge is 2.23. The summed E-state index contributed by atoms with van der Waals surface area (Å²) in [6, 6.07) is 6.27. The SMILES string of the molecule is CC(C)(NC(=O)Cn1ccc(=O)[nH]c1=O)c1ccc(Cl)c(Cl)c1. The van der Waals surface area contributed by atoms with Gasteiger partial charge in [-0.15, -0.1) is 0 Å². The maximum absolute atomic E-state index is 12.2. The number of halogens is 2. The van der Waals surface area contributed by atoms with E-state index in [0.717, 1.165) is 10.1 Å². The lowest BCUT2D eigenvalue weighted by Crippen LogP contribution is -2.44. The highest BCUT2D eigenvalue weighted by atomic mass is 35.5. The minimum absolute atomic E-state index is 0.208. The molecule has 0 aliphatic carbocycles. The predicted molar refractivity (Wildman–Crippen MR) is 89.0 cm³/mol. The second-order valence-electron chi connectivity index (χ2n) is 5.54. The van der Waals surface area contributed by atoms with Gasteiger partial charge < -0.3 is 5.32 Å². The molecule has 1 aromatic carbocycles. The maximum Gasteiger partial charge on any atom is 0.328 e. The van der Waals surface area contributed by atoms with Crippen molar-refractivity contribution in [2.24, 2.45) is 0 Å². The lowest BCUT2D eigenvalue weighted by atomic mass is 9.94. The van der Waals surface area contributed by atoms with Gasteiger partial charge in [0.1, 0.15) is 6.54 Å². The molecule has 0 aliphatic rings. The van der Waals surface area contributed by atoms with Crippen molar-refractivity contribution in [3.8, 4) is 0 Å². The Morgan fingerprint density at radius 3 is 2.52 bits per heavy atom. The first-order valence-electron chi connectivity index (χ1n) is 6.75. The molecule has 0 atom stereocenters. The number of H-pyrrole nitrogens is 1. The smallest absolute Gasteiger partial charge is 0.328 e. The van der Waals surface area contributed by atoms with Crippen LogP contribution in [0.2, 0.25) is 10.0 Å². The van der Waals surface area contributed by atoms with Gasteiger partial charge in [0.25, 0.3) is 5.56 Å². The lowest BCUT2D eigenvalue weighted by Gasteiger charge is -2.27. The van der Waals surface area contributed by atoms with Gasteiger partial charge in [0.05, 0.1) is 15.6 Å². The van der Waals surface area contributed by atoms with Crippen LogP contribution in [0.5, 0.6) is 0 Å². The van der Waals surface area contributed by atoms with Crippen LogP contribution in [-0.4, -0.2) is 15.5 Å². The number of aromatic amines is 1. The molecule has 0 fully saturated rings. The van der Waals surface area contributed by atoms with E-state index in [4.69, 9.17) is 23.2 Å². The fraction of sp³-hybridized carbons (Fsp3) is 0.267. The molecule has 8 heteroatoms. The van der Waals surface area contributed by atoms with Crippen molar-refractivity contribution in [2.75, 3.05) is 0 Å². The van der Waals surface area contributed by atoms with Gasteiger partial charge in [-0.3, -0.25) is 19.1 Å². The summed E-state index contributed by atoms with van der Waals surface area (Å²) in [5.74, 6) is -0.379. The first-order chi connectivity index (χ1) is 10.7. The van der Waals surface area contributed by atoms with E-state index < -0.39 is 16.8 Å². The van der Waals surface area contributed by atoms with Crippen LogP contribution in [-0.2, 0) is 16.9 Å². The van der Waals surface area contributed by atoms with Gasteiger partial charge in [-0.2, -0.15) is 0 Å². The van der Waals surface area contributed by atoms with Gasteiger partial charge in [0.15, 0.2) is 0 Å². The second kappa shape index (κ2) is 6.60.